The summed E-state index contributed by atoms with van der Waals surface area (Å²) in [5, 5.41) is 8.51. The minimum Gasteiger partial charge on any atom is -0.481 e. The molecule has 8 heteroatoms. The van der Waals surface area contributed by atoms with Crippen molar-refractivity contribution >= 4 is 5.97 Å². The maximum Gasteiger partial charge on any atom is 0.411 e. The van der Waals surface area contributed by atoms with Crippen molar-refractivity contribution in [1.29, 1.82) is 0 Å². The van der Waals surface area contributed by atoms with E-state index in [-0.39, 0.29) is 25.7 Å². The fraction of sp³-hybridized carbons (Fsp3) is 0.923. The zero-order valence-electron chi connectivity index (χ0n) is 11.9. The third-order valence-electron chi connectivity index (χ3n) is 3.23. The van der Waals surface area contributed by atoms with Gasteiger partial charge in [0.25, 0.3) is 0 Å². The maximum absolute atomic E-state index is 11.8. The van der Waals surface area contributed by atoms with E-state index in [0.717, 1.165) is 25.9 Å². The summed E-state index contributed by atoms with van der Waals surface area (Å²) < 4.78 is 45.6. The molecule has 1 aliphatic rings. The van der Waals surface area contributed by atoms with Gasteiger partial charge in [-0.05, 0) is 19.3 Å². The molecule has 0 aromatic heterocycles. The predicted molar refractivity (Wildman–Crippen MR) is 69.2 cm³/mol. The molecule has 0 unspecified atom stereocenters. The van der Waals surface area contributed by atoms with E-state index in [0.29, 0.717) is 13.0 Å². The molecule has 5 nitrogen and oxygen atoms in total. The van der Waals surface area contributed by atoms with Crippen molar-refractivity contribution in [2.45, 2.75) is 38.0 Å². The molecule has 1 rings (SSSR count). The lowest BCUT2D eigenvalue weighted by Crippen LogP contribution is -2.38. The SMILES string of the molecule is O=C(O)CCOC1CCN(CCCOCC(F)(F)F)CC1. The summed E-state index contributed by atoms with van der Waals surface area (Å²) in [6.45, 7) is 1.49. The Kier molecular flexibility index (Phi) is 7.98. The number of piperidine rings is 1. The van der Waals surface area contributed by atoms with Gasteiger partial charge in [0, 0.05) is 26.2 Å². The van der Waals surface area contributed by atoms with E-state index in [1.165, 1.54) is 0 Å². The van der Waals surface area contributed by atoms with Crippen molar-refractivity contribution in [3.63, 3.8) is 0 Å². The highest BCUT2D eigenvalue weighted by molar-refractivity contribution is 5.66. The number of aliphatic carboxylic acids is 1. The average Bonchev–Trinajstić information content (AvgIpc) is 2.38. The highest BCUT2D eigenvalue weighted by atomic mass is 19.4. The van der Waals surface area contributed by atoms with E-state index >= 15 is 0 Å². The molecule has 0 amide bonds. The molecule has 0 radical (unpaired) electrons. The van der Waals surface area contributed by atoms with E-state index in [9.17, 15) is 18.0 Å². The van der Waals surface area contributed by atoms with Crippen LogP contribution in [-0.2, 0) is 14.3 Å². The van der Waals surface area contributed by atoms with Crippen molar-refractivity contribution in [2.75, 3.05) is 39.5 Å². The molecule has 1 N–H and O–H groups in total. The first kappa shape index (κ1) is 18.2. The number of hydrogen-bond donors (Lipinski definition) is 1. The van der Waals surface area contributed by atoms with Gasteiger partial charge in [-0.3, -0.25) is 4.79 Å². The van der Waals surface area contributed by atoms with Crippen molar-refractivity contribution in [1.82, 2.24) is 4.90 Å². The topological polar surface area (TPSA) is 59.0 Å². The maximum atomic E-state index is 11.8. The van der Waals surface area contributed by atoms with Crippen molar-refractivity contribution in [2.24, 2.45) is 0 Å². The standard InChI is InChI=1S/C13H22F3NO4/c14-13(15,16)10-20-8-1-5-17-6-2-11(3-7-17)21-9-4-12(18)19/h11H,1-10H2,(H,18,19). The molecule has 0 saturated carbocycles. The van der Waals surface area contributed by atoms with Crippen LogP contribution in [0.25, 0.3) is 0 Å². The van der Waals surface area contributed by atoms with Crippen LogP contribution in [0.15, 0.2) is 0 Å². The van der Waals surface area contributed by atoms with E-state index in [4.69, 9.17) is 9.84 Å². The Labute approximate surface area is 122 Å². The Bertz CT molecular complexity index is 304. The van der Waals surface area contributed by atoms with Crippen LogP contribution in [0.4, 0.5) is 13.2 Å². The van der Waals surface area contributed by atoms with E-state index in [2.05, 4.69) is 9.64 Å². The van der Waals surface area contributed by atoms with Crippen molar-refractivity contribution < 1.29 is 32.5 Å². The van der Waals surface area contributed by atoms with Gasteiger partial charge in [-0.1, -0.05) is 0 Å². The van der Waals surface area contributed by atoms with Gasteiger partial charge in [0.15, 0.2) is 0 Å². The Morgan fingerprint density at radius 2 is 1.90 bits per heavy atom. The normalized spacial score (nSPS) is 18.0. The minimum atomic E-state index is -4.26. The van der Waals surface area contributed by atoms with E-state index < -0.39 is 18.8 Å². The second-order valence-corrected chi connectivity index (χ2v) is 5.08. The fourth-order valence-corrected chi connectivity index (χ4v) is 2.19. The zero-order valence-corrected chi connectivity index (χ0v) is 11.9. The van der Waals surface area contributed by atoms with Gasteiger partial charge in [-0.25, -0.2) is 0 Å². The first-order valence-electron chi connectivity index (χ1n) is 7.07. The quantitative estimate of drug-likeness (QED) is 0.659. The molecule has 21 heavy (non-hydrogen) atoms. The zero-order chi connectivity index (χ0) is 15.7. The number of hydrogen-bond acceptors (Lipinski definition) is 4. The number of rotatable bonds is 9. The number of ether oxygens (including phenoxy) is 2. The number of carbonyl (C=O) groups is 1. The van der Waals surface area contributed by atoms with Crippen LogP contribution < -0.4 is 0 Å². The smallest absolute Gasteiger partial charge is 0.411 e. The lowest BCUT2D eigenvalue weighted by atomic mass is 10.1. The molecule has 0 atom stereocenters. The van der Waals surface area contributed by atoms with Gasteiger partial charge < -0.3 is 19.5 Å². The second kappa shape index (κ2) is 9.22. The van der Waals surface area contributed by atoms with Crippen LogP contribution in [0.5, 0.6) is 0 Å². The highest BCUT2D eigenvalue weighted by Gasteiger charge is 2.27. The van der Waals surface area contributed by atoms with Crippen LogP contribution in [0.3, 0.4) is 0 Å². The predicted octanol–water partition coefficient (Wildman–Crippen LogP) is 1.91. The highest BCUT2D eigenvalue weighted by Crippen LogP contribution is 2.16. The van der Waals surface area contributed by atoms with Crippen LogP contribution in [-0.4, -0.2) is 67.7 Å². The summed E-state index contributed by atoms with van der Waals surface area (Å²) in [5.41, 5.74) is 0. The van der Waals surface area contributed by atoms with Gasteiger partial charge in [-0.2, -0.15) is 13.2 Å². The molecule has 1 saturated heterocycles. The van der Waals surface area contributed by atoms with Crippen molar-refractivity contribution in [3.8, 4) is 0 Å². The summed E-state index contributed by atoms with van der Waals surface area (Å²) in [6.07, 6.45) is -1.95. The summed E-state index contributed by atoms with van der Waals surface area (Å²) in [4.78, 5) is 12.5. The molecule has 0 spiro atoms. The lowest BCUT2D eigenvalue weighted by Gasteiger charge is -2.31. The number of carboxylic acids is 1. The van der Waals surface area contributed by atoms with E-state index in [1.54, 1.807) is 0 Å². The van der Waals surface area contributed by atoms with Crippen molar-refractivity contribution in [3.05, 3.63) is 0 Å². The van der Waals surface area contributed by atoms with E-state index in [1.807, 2.05) is 0 Å². The Morgan fingerprint density at radius 1 is 1.24 bits per heavy atom. The second-order valence-electron chi connectivity index (χ2n) is 5.08. The molecular weight excluding hydrogens is 291 g/mol. The third kappa shape index (κ3) is 9.65. The molecule has 0 aromatic carbocycles. The number of carboxylic acid groups (broad SMARTS) is 1. The molecule has 1 fully saturated rings. The number of alkyl halides is 3. The van der Waals surface area contributed by atoms with Crippen LogP contribution in [0, 0.1) is 0 Å². The minimum absolute atomic E-state index is 0.0107. The number of nitrogens with zero attached hydrogens (tertiary/aromatic N) is 1. The number of likely N-dealkylation sites (tertiary alicyclic amines) is 1. The molecule has 1 aliphatic heterocycles. The summed E-state index contributed by atoms with van der Waals surface area (Å²) >= 11 is 0. The van der Waals surface area contributed by atoms with Crippen LogP contribution in [0.2, 0.25) is 0 Å². The Balaban J connectivity index is 1.99. The average molecular weight is 313 g/mol. The molecule has 0 aliphatic carbocycles. The lowest BCUT2D eigenvalue weighted by molar-refractivity contribution is -0.174. The molecule has 124 valence electrons. The first-order valence-corrected chi connectivity index (χ1v) is 7.07. The molecule has 0 bridgehead atoms. The molecular formula is C13H22F3NO4. The number of halogens is 3. The van der Waals surface area contributed by atoms with Crippen LogP contribution in [0.1, 0.15) is 25.7 Å². The van der Waals surface area contributed by atoms with Gasteiger partial charge in [0.1, 0.15) is 6.61 Å². The van der Waals surface area contributed by atoms with Crippen LogP contribution >= 0.6 is 0 Å². The Morgan fingerprint density at radius 3 is 2.48 bits per heavy atom. The molecule has 0 aromatic rings. The van der Waals surface area contributed by atoms with Gasteiger partial charge in [0.2, 0.25) is 0 Å². The third-order valence-corrected chi connectivity index (χ3v) is 3.23. The summed E-state index contributed by atoms with van der Waals surface area (Å²) in [5.74, 6) is -0.869. The molecule has 1 heterocycles. The van der Waals surface area contributed by atoms with Gasteiger partial charge in [0.05, 0.1) is 19.1 Å². The summed E-state index contributed by atoms with van der Waals surface area (Å²) in [7, 11) is 0. The van der Waals surface area contributed by atoms with Gasteiger partial charge >= 0.3 is 12.1 Å². The fourth-order valence-electron chi connectivity index (χ4n) is 2.19. The monoisotopic (exact) mass is 313 g/mol. The first-order chi connectivity index (χ1) is 9.87. The summed E-state index contributed by atoms with van der Waals surface area (Å²) in [6, 6.07) is 0. The largest absolute Gasteiger partial charge is 0.481 e. The van der Waals surface area contributed by atoms with Gasteiger partial charge in [-0.15, -0.1) is 0 Å². The Hall–Kier alpha value is -0.860.